The molecule has 1 aliphatic rings. The zero-order valence-electron chi connectivity index (χ0n) is 12.3. The number of nitrogens with one attached hydrogen (secondary N) is 1. The third-order valence-electron chi connectivity index (χ3n) is 3.73. The van der Waals surface area contributed by atoms with Gasteiger partial charge in [0.25, 0.3) is 0 Å². The van der Waals surface area contributed by atoms with E-state index in [4.69, 9.17) is 10.5 Å². The van der Waals surface area contributed by atoms with Crippen molar-refractivity contribution >= 4 is 17.6 Å². The summed E-state index contributed by atoms with van der Waals surface area (Å²) in [5.74, 6) is -0.493. The molecule has 0 radical (unpaired) electrons. The van der Waals surface area contributed by atoms with Crippen LogP contribution in [-0.2, 0) is 9.53 Å². The molecule has 0 aromatic heterocycles. The van der Waals surface area contributed by atoms with Crippen LogP contribution in [0.1, 0.15) is 43.0 Å². The molecule has 5 heteroatoms. The first-order chi connectivity index (χ1) is 10.1. The summed E-state index contributed by atoms with van der Waals surface area (Å²) < 4.78 is 5.05. The van der Waals surface area contributed by atoms with Gasteiger partial charge in [-0.15, -0.1) is 0 Å². The minimum atomic E-state index is -0.340. The van der Waals surface area contributed by atoms with Gasteiger partial charge >= 0.3 is 5.97 Å². The minimum absolute atomic E-state index is 0.0405. The summed E-state index contributed by atoms with van der Waals surface area (Å²) in [5, 5.41) is 2.85. The van der Waals surface area contributed by atoms with Crippen LogP contribution in [0, 0.1) is 5.92 Å². The van der Waals surface area contributed by atoms with Crippen molar-refractivity contribution in [3.05, 3.63) is 29.8 Å². The van der Waals surface area contributed by atoms with Crippen molar-refractivity contribution < 1.29 is 14.3 Å². The Kier molecular flexibility index (Phi) is 5.33. The highest BCUT2D eigenvalue weighted by Gasteiger charge is 2.30. The molecular formula is C16H22N2O3. The standard InChI is InChI=1S/C16H22N2O3/c1-2-10-21-16(20)11-6-8-12(9-7-11)18-15(19)13-4-3-5-14(13)17/h6-9,13-14H,2-5,10,17H2,1H3,(H,18,19). The average molecular weight is 290 g/mol. The predicted molar refractivity (Wildman–Crippen MR) is 81.0 cm³/mol. The Morgan fingerprint density at radius 2 is 2.00 bits per heavy atom. The number of esters is 1. The van der Waals surface area contributed by atoms with Gasteiger partial charge in [0.15, 0.2) is 0 Å². The summed E-state index contributed by atoms with van der Waals surface area (Å²) in [7, 11) is 0. The lowest BCUT2D eigenvalue weighted by molar-refractivity contribution is -0.120. The molecule has 5 nitrogen and oxygen atoms in total. The number of ether oxygens (including phenoxy) is 1. The van der Waals surface area contributed by atoms with E-state index in [1.54, 1.807) is 24.3 Å². The third kappa shape index (κ3) is 4.04. The second-order valence-corrected chi connectivity index (χ2v) is 5.40. The van der Waals surface area contributed by atoms with Gasteiger partial charge in [-0.05, 0) is 43.5 Å². The van der Waals surface area contributed by atoms with Crippen molar-refractivity contribution in [2.24, 2.45) is 11.7 Å². The number of carbonyl (C=O) groups excluding carboxylic acids is 2. The van der Waals surface area contributed by atoms with E-state index < -0.39 is 0 Å². The summed E-state index contributed by atoms with van der Waals surface area (Å²) in [6.07, 6.45) is 3.54. The van der Waals surface area contributed by atoms with Crippen LogP contribution in [0.2, 0.25) is 0 Å². The van der Waals surface area contributed by atoms with Crippen molar-refractivity contribution in [3.8, 4) is 0 Å². The number of hydrogen-bond acceptors (Lipinski definition) is 4. The Bertz CT molecular complexity index is 499. The minimum Gasteiger partial charge on any atom is -0.462 e. The van der Waals surface area contributed by atoms with Crippen molar-refractivity contribution in [1.82, 2.24) is 0 Å². The summed E-state index contributed by atoms with van der Waals surface area (Å²) in [4.78, 5) is 23.8. The van der Waals surface area contributed by atoms with E-state index >= 15 is 0 Å². The van der Waals surface area contributed by atoms with Crippen molar-refractivity contribution in [2.75, 3.05) is 11.9 Å². The van der Waals surface area contributed by atoms with Crippen LogP contribution in [-0.4, -0.2) is 24.5 Å². The van der Waals surface area contributed by atoms with Gasteiger partial charge in [-0.25, -0.2) is 4.79 Å². The molecule has 0 aliphatic heterocycles. The Labute approximate surface area is 124 Å². The average Bonchev–Trinajstić information content (AvgIpc) is 2.91. The first kappa shape index (κ1) is 15.5. The molecule has 1 amide bonds. The van der Waals surface area contributed by atoms with Gasteiger partial charge in [-0.1, -0.05) is 13.3 Å². The highest BCUT2D eigenvalue weighted by atomic mass is 16.5. The lowest BCUT2D eigenvalue weighted by Crippen LogP contribution is -2.34. The Morgan fingerprint density at radius 3 is 2.57 bits per heavy atom. The Morgan fingerprint density at radius 1 is 1.29 bits per heavy atom. The molecule has 0 spiro atoms. The van der Waals surface area contributed by atoms with E-state index in [0.717, 1.165) is 25.7 Å². The van der Waals surface area contributed by atoms with Crippen molar-refractivity contribution in [2.45, 2.75) is 38.6 Å². The normalized spacial score (nSPS) is 21.0. The first-order valence-corrected chi connectivity index (χ1v) is 7.45. The molecule has 1 saturated carbocycles. The molecule has 1 aromatic rings. The SMILES string of the molecule is CCCOC(=O)c1ccc(NC(=O)C2CCCC2N)cc1. The van der Waals surface area contributed by atoms with Crippen molar-refractivity contribution in [1.29, 1.82) is 0 Å². The monoisotopic (exact) mass is 290 g/mol. The zero-order chi connectivity index (χ0) is 15.2. The topological polar surface area (TPSA) is 81.4 Å². The van der Waals surface area contributed by atoms with E-state index in [0.29, 0.717) is 17.9 Å². The summed E-state index contributed by atoms with van der Waals surface area (Å²) in [6.45, 7) is 2.36. The van der Waals surface area contributed by atoms with E-state index in [2.05, 4.69) is 5.32 Å². The maximum absolute atomic E-state index is 12.1. The lowest BCUT2D eigenvalue weighted by atomic mass is 10.0. The van der Waals surface area contributed by atoms with Crippen LogP contribution in [0.3, 0.4) is 0 Å². The van der Waals surface area contributed by atoms with E-state index in [1.165, 1.54) is 0 Å². The van der Waals surface area contributed by atoms with Gasteiger partial charge in [-0.2, -0.15) is 0 Å². The van der Waals surface area contributed by atoms with Crippen LogP contribution in [0.25, 0.3) is 0 Å². The number of anilines is 1. The largest absolute Gasteiger partial charge is 0.462 e. The van der Waals surface area contributed by atoms with Gasteiger partial charge in [0.05, 0.1) is 18.1 Å². The number of nitrogens with two attached hydrogens (primary N) is 1. The van der Waals surface area contributed by atoms with E-state index in [-0.39, 0.29) is 23.8 Å². The molecule has 0 bridgehead atoms. The van der Waals surface area contributed by atoms with Crippen molar-refractivity contribution in [3.63, 3.8) is 0 Å². The zero-order valence-corrected chi connectivity index (χ0v) is 12.3. The van der Waals surface area contributed by atoms with E-state index in [1.807, 2.05) is 6.92 Å². The molecular weight excluding hydrogens is 268 g/mol. The number of amides is 1. The fourth-order valence-corrected chi connectivity index (χ4v) is 2.52. The van der Waals surface area contributed by atoms with E-state index in [9.17, 15) is 9.59 Å². The molecule has 0 heterocycles. The van der Waals surface area contributed by atoms with Crippen LogP contribution >= 0.6 is 0 Å². The maximum atomic E-state index is 12.1. The van der Waals surface area contributed by atoms with Crippen LogP contribution in [0.4, 0.5) is 5.69 Å². The van der Waals surface area contributed by atoms with Gasteiger partial charge < -0.3 is 15.8 Å². The molecule has 114 valence electrons. The second-order valence-electron chi connectivity index (χ2n) is 5.40. The lowest BCUT2D eigenvalue weighted by Gasteiger charge is -2.15. The molecule has 1 aliphatic carbocycles. The number of hydrogen-bond donors (Lipinski definition) is 2. The Balaban J connectivity index is 1.93. The second kappa shape index (κ2) is 7.22. The number of carbonyl (C=O) groups is 2. The van der Waals surface area contributed by atoms with Gasteiger partial charge in [0.2, 0.25) is 5.91 Å². The first-order valence-electron chi connectivity index (χ1n) is 7.45. The highest BCUT2D eigenvalue weighted by molar-refractivity contribution is 5.94. The molecule has 2 rings (SSSR count). The fraction of sp³-hybridized carbons (Fsp3) is 0.500. The summed E-state index contributed by atoms with van der Waals surface area (Å²) in [6, 6.07) is 6.68. The molecule has 0 saturated heterocycles. The van der Waals surface area contributed by atoms with Gasteiger partial charge in [0.1, 0.15) is 0 Å². The predicted octanol–water partition coefficient (Wildman–Crippen LogP) is 2.32. The molecule has 2 atom stereocenters. The number of benzene rings is 1. The molecule has 1 aromatic carbocycles. The quantitative estimate of drug-likeness (QED) is 0.815. The Hall–Kier alpha value is -1.88. The van der Waals surface area contributed by atoms with Crippen LogP contribution < -0.4 is 11.1 Å². The molecule has 2 unspecified atom stereocenters. The number of rotatable bonds is 5. The molecule has 3 N–H and O–H groups in total. The van der Waals surface area contributed by atoms with Crippen LogP contribution in [0.15, 0.2) is 24.3 Å². The molecule has 21 heavy (non-hydrogen) atoms. The maximum Gasteiger partial charge on any atom is 0.338 e. The summed E-state index contributed by atoms with van der Waals surface area (Å²) >= 11 is 0. The smallest absolute Gasteiger partial charge is 0.338 e. The van der Waals surface area contributed by atoms with Gasteiger partial charge in [0, 0.05) is 11.7 Å². The van der Waals surface area contributed by atoms with Gasteiger partial charge in [-0.3, -0.25) is 4.79 Å². The van der Waals surface area contributed by atoms with Crippen LogP contribution in [0.5, 0.6) is 0 Å². The third-order valence-corrected chi connectivity index (χ3v) is 3.73. The molecule has 1 fully saturated rings. The highest BCUT2D eigenvalue weighted by Crippen LogP contribution is 2.25. The summed E-state index contributed by atoms with van der Waals surface area (Å²) in [5.41, 5.74) is 7.08. The fourth-order valence-electron chi connectivity index (χ4n) is 2.52.